The van der Waals surface area contributed by atoms with Crippen molar-refractivity contribution < 1.29 is 14.3 Å². The predicted octanol–water partition coefficient (Wildman–Crippen LogP) is 2.90. The normalized spacial score (nSPS) is 14.6. The van der Waals surface area contributed by atoms with E-state index in [0.29, 0.717) is 6.54 Å². The Hall–Kier alpha value is -0.780. The molecule has 1 fully saturated rings. The summed E-state index contributed by atoms with van der Waals surface area (Å²) in [6.45, 7) is 1.39. The summed E-state index contributed by atoms with van der Waals surface area (Å²) in [6.07, 6.45) is 2.55. The number of benzene rings is 1. The summed E-state index contributed by atoms with van der Waals surface area (Å²) in [7, 11) is 3.25. The van der Waals surface area contributed by atoms with Crippen LogP contribution >= 0.6 is 15.9 Å². The zero-order valence-corrected chi connectivity index (χ0v) is 12.2. The van der Waals surface area contributed by atoms with E-state index < -0.39 is 0 Å². The van der Waals surface area contributed by atoms with Gasteiger partial charge in [0, 0.05) is 6.54 Å². The molecular formula is C13H18BrNO3. The second-order valence-corrected chi connectivity index (χ2v) is 5.24. The first-order valence-corrected chi connectivity index (χ1v) is 6.79. The van der Waals surface area contributed by atoms with E-state index in [1.807, 2.05) is 12.1 Å². The van der Waals surface area contributed by atoms with E-state index in [2.05, 4.69) is 21.4 Å². The van der Waals surface area contributed by atoms with E-state index in [-0.39, 0.29) is 0 Å². The summed E-state index contributed by atoms with van der Waals surface area (Å²) < 4.78 is 12.1. The van der Waals surface area contributed by atoms with Crippen LogP contribution in [0.4, 0.5) is 0 Å². The minimum atomic E-state index is 0.619. The molecule has 4 nitrogen and oxygen atoms in total. The average molecular weight is 316 g/mol. The molecular weight excluding hydrogens is 298 g/mol. The molecule has 1 aromatic rings. The Labute approximate surface area is 116 Å². The molecule has 1 aromatic carbocycles. The van der Waals surface area contributed by atoms with Gasteiger partial charge < -0.3 is 14.3 Å². The monoisotopic (exact) mass is 315 g/mol. The molecule has 18 heavy (non-hydrogen) atoms. The number of ether oxygens (including phenoxy) is 2. The number of halogens is 1. The van der Waals surface area contributed by atoms with Crippen molar-refractivity contribution in [1.82, 2.24) is 5.48 Å². The first kappa shape index (κ1) is 13.6. The Morgan fingerprint density at radius 3 is 2.72 bits per heavy atom. The van der Waals surface area contributed by atoms with Crippen LogP contribution in [-0.2, 0) is 11.4 Å². The Morgan fingerprint density at radius 2 is 2.11 bits per heavy atom. The van der Waals surface area contributed by atoms with E-state index in [0.717, 1.165) is 34.1 Å². The molecule has 0 radical (unpaired) electrons. The van der Waals surface area contributed by atoms with Gasteiger partial charge in [0.05, 0.1) is 25.3 Å². The van der Waals surface area contributed by atoms with Crippen LogP contribution in [0.1, 0.15) is 18.4 Å². The van der Waals surface area contributed by atoms with Gasteiger partial charge in [-0.1, -0.05) is 0 Å². The molecule has 2 rings (SSSR count). The zero-order valence-electron chi connectivity index (χ0n) is 10.7. The first-order valence-electron chi connectivity index (χ1n) is 5.99. The van der Waals surface area contributed by atoms with E-state index in [1.165, 1.54) is 12.8 Å². The molecule has 5 heteroatoms. The molecule has 0 atom stereocenters. The van der Waals surface area contributed by atoms with Crippen LogP contribution in [0.15, 0.2) is 16.6 Å². The minimum Gasteiger partial charge on any atom is -0.493 e. The summed E-state index contributed by atoms with van der Waals surface area (Å²) in [5.41, 5.74) is 3.87. The lowest BCUT2D eigenvalue weighted by atomic mass is 10.2. The fraction of sp³-hybridized carbons (Fsp3) is 0.538. The maximum atomic E-state index is 5.82. The van der Waals surface area contributed by atoms with Gasteiger partial charge >= 0.3 is 0 Å². The first-order chi connectivity index (χ1) is 8.74. The van der Waals surface area contributed by atoms with Gasteiger partial charge in [-0.2, -0.15) is 5.48 Å². The molecule has 1 N–H and O–H groups in total. The number of nitrogens with one attached hydrogen (secondary N) is 1. The van der Waals surface area contributed by atoms with E-state index in [9.17, 15) is 0 Å². The van der Waals surface area contributed by atoms with Crippen LogP contribution in [0.2, 0.25) is 0 Å². The fourth-order valence-electron chi connectivity index (χ4n) is 1.66. The van der Waals surface area contributed by atoms with Crippen molar-refractivity contribution in [3.63, 3.8) is 0 Å². The van der Waals surface area contributed by atoms with Crippen molar-refractivity contribution in [1.29, 1.82) is 0 Å². The van der Waals surface area contributed by atoms with Gasteiger partial charge in [-0.3, -0.25) is 0 Å². The number of hydrogen-bond donors (Lipinski definition) is 1. The molecule has 100 valence electrons. The van der Waals surface area contributed by atoms with Gasteiger partial charge in [-0.25, -0.2) is 0 Å². The molecule has 1 aliphatic rings. The van der Waals surface area contributed by atoms with Crippen LogP contribution in [0.25, 0.3) is 0 Å². The van der Waals surface area contributed by atoms with Gasteiger partial charge in [-0.05, 0) is 52.4 Å². The Bertz CT molecular complexity index is 407. The molecule has 0 saturated heterocycles. The van der Waals surface area contributed by atoms with Crippen molar-refractivity contribution in [2.75, 3.05) is 20.8 Å². The second-order valence-electron chi connectivity index (χ2n) is 4.39. The fourth-order valence-corrected chi connectivity index (χ4v) is 2.26. The Kier molecular flexibility index (Phi) is 4.86. The Balaban J connectivity index is 2.11. The SMILES string of the molecule is CONCc1cc(Br)c(OCC2CC2)c(OC)c1. The van der Waals surface area contributed by atoms with Crippen LogP contribution in [0, 0.1) is 5.92 Å². The Morgan fingerprint density at radius 1 is 1.33 bits per heavy atom. The van der Waals surface area contributed by atoms with Crippen molar-refractivity contribution >= 4 is 15.9 Å². The molecule has 0 unspecified atom stereocenters. The highest BCUT2D eigenvalue weighted by atomic mass is 79.9. The number of hydrogen-bond acceptors (Lipinski definition) is 4. The maximum absolute atomic E-state index is 5.82. The number of hydroxylamine groups is 1. The standard InChI is InChI=1S/C13H18BrNO3/c1-16-12-6-10(7-15-17-2)5-11(14)13(12)18-8-9-3-4-9/h5-6,9,15H,3-4,7-8H2,1-2H3. The lowest BCUT2D eigenvalue weighted by Crippen LogP contribution is -2.11. The molecule has 0 spiro atoms. The van der Waals surface area contributed by atoms with Gasteiger partial charge in [0.1, 0.15) is 0 Å². The molecule has 1 aliphatic carbocycles. The highest BCUT2D eigenvalue weighted by molar-refractivity contribution is 9.10. The highest BCUT2D eigenvalue weighted by Gasteiger charge is 2.23. The van der Waals surface area contributed by atoms with Crippen molar-refractivity contribution in [2.24, 2.45) is 5.92 Å². The third kappa shape index (κ3) is 3.60. The molecule has 1 saturated carbocycles. The van der Waals surface area contributed by atoms with Crippen molar-refractivity contribution in [3.8, 4) is 11.5 Å². The zero-order chi connectivity index (χ0) is 13.0. The highest BCUT2D eigenvalue weighted by Crippen LogP contribution is 2.38. The molecule has 0 amide bonds. The van der Waals surface area contributed by atoms with Crippen LogP contribution in [0.5, 0.6) is 11.5 Å². The smallest absolute Gasteiger partial charge is 0.175 e. The van der Waals surface area contributed by atoms with Crippen LogP contribution in [-0.4, -0.2) is 20.8 Å². The quantitative estimate of drug-likeness (QED) is 0.785. The van der Waals surface area contributed by atoms with E-state index >= 15 is 0 Å². The molecule has 0 heterocycles. The summed E-state index contributed by atoms with van der Waals surface area (Å²) in [5, 5.41) is 0. The van der Waals surface area contributed by atoms with Crippen molar-refractivity contribution in [3.05, 3.63) is 22.2 Å². The lowest BCUT2D eigenvalue weighted by molar-refractivity contribution is 0.0866. The van der Waals surface area contributed by atoms with E-state index in [4.69, 9.17) is 14.3 Å². The van der Waals surface area contributed by atoms with Gasteiger partial charge in [-0.15, -0.1) is 0 Å². The number of rotatable bonds is 7. The summed E-state index contributed by atoms with van der Waals surface area (Å²) >= 11 is 3.53. The molecule has 0 bridgehead atoms. The van der Waals surface area contributed by atoms with Crippen LogP contribution in [0.3, 0.4) is 0 Å². The van der Waals surface area contributed by atoms with Gasteiger partial charge in [0.2, 0.25) is 0 Å². The average Bonchev–Trinajstić information content (AvgIpc) is 3.18. The minimum absolute atomic E-state index is 0.619. The second kappa shape index (κ2) is 6.41. The van der Waals surface area contributed by atoms with Gasteiger partial charge in [0.15, 0.2) is 11.5 Å². The number of methoxy groups -OCH3 is 1. The topological polar surface area (TPSA) is 39.7 Å². The predicted molar refractivity (Wildman–Crippen MR) is 72.8 cm³/mol. The van der Waals surface area contributed by atoms with Crippen molar-refractivity contribution in [2.45, 2.75) is 19.4 Å². The third-order valence-electron chi connectivity index (χ3n) is 2.87. The molecule has 0 aliphatic heterocycles. The summed E-state index contributed by atoms with van der Waals surface area (Å²) in [5.74, 6) is 2.25. The van der Waals surface area contributed by atoms with Crippen LogP contribution < -0.4 is 15.0 Å². The summed E-state index contributed by atoms with van der Waals surface area (Å²) in [4.78, 5) is 4.84. The maximum Gasteiger partial charge on any atom is 0.175 e. The molecule has 0 aromatic heterocycles. The van der Waals surface area contributed by atoms with E-state index in [1.54, 1.807) is 14.2 Å². The largest absolute Gasteiger partial charge is 0.493 e. The summed E-state index contributed by atoms with van der Waals surface area (Å²) in [6, 6.07) is 3.97. The third-order valence-corrected chi connectivity index (χ3v) is 3.46. The van der Waals surface area contributed by atoms with Gasteiger partial charge in [0.25, 0.3) is 0 Å². The lowest BCUT2D eigenvalue weighted by Gasteiger charge is -2.14.